The van der Waals surface area contributed by atoms with Crippen LogP contribution in [0.5, 0.6) is 0 Å². The fraction of sp³-hybridized carbons (Fsp3) is 0.591. The molecule has 0 fully saturated rings. The number of nitrogens with one attached hydrogen (secondary N) is 6. The summed E-state index contributed by atoms with van der Waals surface area (Å²) in [6, 6.07) is -0.495. The molecule has 18 N–H and O–H groups in total. The average molecular weight is 658 g/mol. The van der Waals surface area contributed by atoms with Gasteiger partial charge in [-0.15, -0.1) is 4.95 Å². The molecule has 0 heterocycles. The van der Waals surface area contributed by atoms with Crippen LogP contribution < -0.4 is 49.8 Å². The van der Waals surface area contributed by atoms with Gasteiger partial charge in [0.1, 0.15) is 5.10 Å². The van der Waals surface area contributed by atoms with Crippen molar-refractivity contribution >= 4 is 70.0 Å². The summed E-state index contributed by atoms with van der Waals surface area (Å²) in [7, 11) is 4.37. The number of hydrogen-bond acceptors (Lipinski definition) is 10. The third kappa shape index (κ3) is 195. The molecule has 0 aliphatic carbocycles. The average Bonchev–Trinajstić information content (AvgIpc) is 2.93. The topological polar surface area (TPSA) is 372 Å². The van der Waals surface area contributed by atoms with Crippen molar-refractivity contribution in [2.45, 2.75) is 66.7 Å². The van der Waals surface area contributed by atoms with Gasteiger partial charge in [0.05, 0.1) is 16.7 Å². The van der Waals surface area contributed by atoms with Crippen LogP contribution in [0.4, 0.5) is 4.79 Å². The van der Waals surface area contributed by atoms with Gasteiger partial charge in [-0.25, -0.2) is 4.79 Å². The molecule has 0 aromatic carbocycles. The third-order valence-electron chi connectivity index (χ3n) is 2.63. The Morgan fingerprint density at radius 3 is 1.28 bits per heavy atom. The first-order chi connectivity index (χ1) is 19.7. The van der Waals surface area contributed by atoms with E-state index in [0.29, 0.717) is 48.6 Å². The predicted molar refractivity (Wildman–Crippen MR) is 179 cm³/mol. The van der Waals surface area contributed by atoms with Gasteiger partial charge < -0.3 is 55.0 Å². The summed E-state index contributed by atoms with van der Waals surface area (Å²) in [5.41, 5.74) is 29.6. The Bertz CT molecular complexity index is 776. The number of amides is 4. The summed E-state index contributed by atoms with van der Waals surface area (Å²) in [5, 5.41) is 28.0. The van der Waals surface area contributed by atoms with E-state index in [1.54, 1.807) is 7.05 Å². The summed E-state index contributed by atoms with van der Waals surface area (Å²) in [6.07, 6.45) is 3.79. The van der Waals surface area contributed by atoms with Crippen LogP contribution in [0.15, 0.2) is 5.10 Å². The van der Waals surface area contributed by atoms with Gasteiger partial charge in [0.25, 0.3) is 0 Å². The third-order valence-corrected chi connectivity index (χ3v) is 3.25. The van der Waals surface area contributed by atoms with Crippen molar-refractivity contribution in [3.63, 3.8) is 0 Å². The molecule has 0 aromatic heterocycles. The molecule has 0 aliphatic heterocycles. The molecular weight excluding hydrogens is 604 g/mol. The van der Waals surface area contributed by atoms with Crippen molar-refractivity contribution < 1.29 is 23.1 Å². The molecule has 0 spiro atoms. The van der Waals surface area contributed by atoms with Crippen LogP contribution in [0, 0.1) is 22.8 Å². The van der Waals surface area contributed by atoms with Gasteiger partial charge in [0, 0.05) is 57.3 Å². The second kappa shape index (κ2) is 53.9. The van der Waals surface area contributed by atoms with Crippen LogP contribution in [0.1, 0.15) is 66.7 Å². The van der Waals surface area contributed by atoms with Crippen LogP contribution in [0.3, 0.4) is 0 Å². The number of rotatable bonds is 8. The SMILES string of the molecule is CC(N)=O.CCC(=N)CC(=N)N.CCC(=N)N.CCC(N)=S.CNC(N)=O.CNC=O.CNS(=O)[O-].[C-]#[N+]/N=C(\N)CC. The second-order valence-electron chi connectivity index (χ2n) is 6.47. The van der Waals surface area contributed by atoms with Gasteiger partial charge in [0.2, 0.25) is 12.3 Å². The first kappa shape index (κ1) is 58.4. The lowest BCUT2D eigenvalue weighted by Crippen LogP contribution is -2.24. The Morgan fingerprint density at radius 2 is 1.23 bits per heavy atom. The van der Waals surface area contributed by atoms with Gasteiger partial charge >= 0.3 is 6.03 Å². The van der Waals surface area contributed by atoms with Crippen LogP contribution >= 0.6 is 12.2 Å². The van der Waals surface area contributed by atoms with E-state index in [9.17, 15) is 18.4 Å². The second-order valence-corrected chi connectivity index (χ2v) is 7.87. The van der Waals surface area contributed by atoms with Gasteiger partial charge in [-0.05, 0) is 19.9 Å². The van der Waals surface area contributed by atoms with E-state index in [1.807, 2.05) is 32.4 Å². The van der Waals surface area contributed by atoms with Gasteiger partial charge in [-0.1, -0.05) is 39.9 Å². The van der Waals surface area contributed by atoms with E-state index in [4.69, 9.17) is 50.5 Å². The van der Waals surface area contributed by atoms with Crippen molar-refractivity contribution in [2.75, 3.05) is 21.1 Å². The molecule has 4 amide bonds. The van der Waals surface area contributed by atoms with E-state index in [2.05, 4.69) is 44.4 Å². The number of carbonyl (C=O) groups excluding carboxylic acids is 3. The van der Waals surface area contributed by atoms with E-state index in [1.165, 1.54) is 21.0 Å². The normalized spacial score (nSPS) is 8.60. The zero-order valence-electron chi connectivity index (χ0n) is 26.3. The summed E-state index contributed by atoms with van der Waals surface area (Å²) in [4.78, 5) is 31.1. The Balaban J connectivity index is -0.0000000549. The Labute approximate surface area is 263 Å². The minimum absolute atomic E-state index is 0.0804. The van der Waals surface area contributed by atoms with Crippen LogP contribution in [-0.2, 0) is 20.9 Å². The maximum Gasteiger partial charge on any atom is 0.311 e. The number of amidine groups is 3. The monoisotopic (exact) mass is 657 g/mol. The molecule has 0 aromatic rings. The van der Waals surface area contributed by atoms with Gasteiger partial charge in [-0.3, -0.25) is 29.3 Å². The molecule has 0 radical (unpaired) electrons. The highest BCUT2D eigenvalue weighted by Gasteiger charge is 1.92. The molecule has 1 unspecified atom stereocenters. The number of hydrogen-bond donors (Lipinski definition) is 12. The van der Waals surface area contributed by atoms with E-state index < -0.39 is 17.3 Å². The van der Waals surface area contributed by atoms with Crippen LogP contribution in [-0.4, -0.2) is 76.5 Å². The molecule has 0 saturated carbocycles. The number of primary amides is 2. The molecule has 0 saturated heterocycles. The van der Waals surface area contributed by atoms with E-state index >= 15 is 0 Å². The minimum Gasteiger partial charge on any atom is -0.760 e. The molecule has 1 atom stereocenters. The highest BCUT2D eigenvalue weighted by Crippen LogP contribution is 1.86. The van der Waals surface area contributed by atoms with Crippen molar-refractivity contribution in [2.24, 2.45) is 39.5 Å². The zero-order chi connectivity index (χ0) is 36.4. The fourth-order valence-electron chi connectivity index (χ4n) is 0.490. The lowest BCUT2D eigenvalue weighted by atomic mass is 10.2. The number of nitrogens with two attached hydrogens (primary N) is 6. The molecule has 0 aliphatic rings. The Kier molecular flexibility index (Phi) is 73.2. The molecule has 43 heavy (non-hydrogen) atoms. The predicted octanol–water partition coefficient (Wildman–Crippen LogP) is -0.517. The van der Waals surface area contributed by atoms with E-state index in [-0.39, 0.29) is 17.6 Å². The maximum absolute atomic E-state index is 9.48. The number of thiocarbonyl (C=S) groups is 1. The zero-order valence-corrected chi connectivity index (χ0v) is 28.0. The van der Waals surface area contributed by atoms with Crippen molar-refractivity contribution in [1.29, 1.82) is 16.2 Å². The highest BCUT2D eigenvalue weighted by atomic mass is 32.2. The molecule has 254 valence electrons. The first-order valence-corrected chi connectivity index (χ1v) is 13.5. The molecule has 21 heteroatoms. The fourth-order valence-corrected chi connectivity index (χ4v) is 0.490. The van der Waals surface area contributed by atoms with E-state index in [0.717, 1.165) is 6.42 Å². The quantitative estimate of drug-likeness (QED) is 0.0301. The lowest BCUT2D eigenvalue weighted by Gasteiger charge is -1.95. The van der Waals surface area contributed by atoms with Crippen LogP contribution in [0.25, 0.3) is 4.95 Å². The standard InChI is InChI=1S/C5H11N3.C4H7N3.C3H8N2.C3H7NS.C2H6N2O.2C2H5NO.CH5NO2S/c1-2-4(6)3-5(7)8;1-3-4(5)7-6-2;2*1-2-3(4)5;1-4-2(3)5;1-3-2-4;1-2(3)4;1-2-5(3)4/h6H,2-3H2,1H3,(H3,7,8);3H2,1H3,(H2,5,7);2H2,1H3,(H3,4,5);2H2,1H3,(H2,4,5);1H3,(H3,3,4,5);2H,1H3,(H,3,4);1H3,(H2,3,4);2H,1H3,(H,3,4)/p-1. The molecule has 19 nitrogen and oxygen atoms in total. The summed E-state index contributed by atoms with van der Waals surface area (Å²) in [6.45, 7) is 15.0. The van der Waals surface area contributed by atoms with Crippen molar-refractivity contribution in [3.05, 3.63) is 11.5 Å². The summed E-state index contributed by atoms with van der Waals surface area (Å²) in [5.74, 6) is 0.400. The van der Waals surface area contributed by atoms with Crippen LogP contribution in [0.2, 0.25) is 0 Å². The molecular formula is C22H53N14O5S2-. The largest absolute Gasteiger partial charge is 0.760 e. The maximum atomic E-state index is 9.48. The molecule has 0 rings (SSSR count). The lowest BCUT2D eigenvalue weighted by molar-refractivity contribution is -0.116. The summed E-state index contributed by atoms with van der Waals surface area (Å²) >= 11 is 2.40. The number of carbonyl (C=O) groups is 3. The van der Waals surface area contributed by atoms with Crippen molar-refractivity contribution in [3.8, 4) is 0 Å². The Morgan fingerprint density at radius 1 is 0.930 bits per heavy atom. The minimum atomic E-state index is -2.07. The number of nitrogens with zero attached hydrogens (tertiary/aromatic N) is 2. The van der Waals surface area contributed by atoms with Crippen molar-refractivity contribution in [1.82, 2.24) is 15.4 Å². The first-order valence-electron chi connectivity index (χ1n) is 12.0. The Hall–Kier alpha value is -4.26. The summed E-state index contributed by atoms with van der Waals surface area (Å²) < 4.78 is 20.5. The van der Waals surface area contributed by atoms with Gasteiger partial charge in [-0.2, -0.15) is 6.57 Å². The molecule has 0 bridgehead atoms. The van der Waals surface area contributed by atoms with Gasteiger partial charge in [0.15, 0.2) is 5.84 Å². The number of urea groups is 1. The highest BCUT2D eigenvalue weighted by molar-refractivity contribution is 7.80. The smallest absolute Gasteiger partial charge is 0.311 e.